The number of hydrazine groups is 1. The van der Waals surface area contributed by atoms with Crippen molar-refractivity contribution in [1.82, 2.24) is 10.9 Å². The van der Waals surface area contributed by atoms with E-state index in [1.54, 1.807) is 30.3 Å². The number of aliphatic imine (C=N–C) groups is 1. The van der Waals surface area contributed by atoms with Gasteiger partial charge in [-0.2, -0.15) is 0 Å². The zero-order valence-electron chi connectivity index (χ0n) is 25.2. The van der Waals surface area contributed by atoms with E-state index in [1.165, 1.54) is 5.56 Å². The molecule has 4 aromatic rings. The first-order valence-corrected chi connectivity index (χ1v) is 15.9. The van der Waals surface area contributed by atoms with Crippen LogP contribution in [-0.2, 0) is 22.4 Å². The lowest BCUT2D eigenvalue weighted by Crippen LogP contribution is -2.54. The van der Waals surface area contributed by atoms with Crippen molar-refractivity contribution in [3.63, 3.8) is 0 Å². The minimum atomic E-state index is -1.48. The lowest BCUT2D eigenvalue weighted by molar-refractivity contribution is -0.130. The zero-order valence-corrected chi connectivity index (χ0v) is 26.8. The van der Waals surface area contributed by atoms with E-state index in [9.17, 15) is 10.3 Å². The number of ether oxygens (including phenoxy) is 2. The van der Waals surface area contributed by atoms with Crippen molar-refractivity contribution in [2.45, 2.75) is 37.3 Å². The van der Waals surface area contributed by atoms with Crippen molar-refractivity contribution in [3.8, 4) is 5.75 Å². The standard InChI is InChI=1S/C35H35BrN6O4/c36-30-15-6-4-13-27(30)24-35(34(44)41-38-21-8-12-25-10-2-1-3-11-25)32(29-14-5-7-16-31(29)40-42-37)46-33(39-35)26-17-19-28(20-18-26)45-23-9-22-43/h1-7,10-11,13-20,32,38,43H,8-9,12,21-24H2,(H,41,44)/t32-,35-/m0/s1. The van der Waals surface area contributed by atoms with Crippen LogP contribution in [0.25, 0.3) is 10.4 Å². The Balaban J connectivity index is 1.50. The number of carbonyl (C=O) groups excluding carboxylic acids is 1. The number of hydrogen-bond acceptors (Lipinski definition) is 7. The smallest absolute Gasteiger partial charge is 0.266 e. The summed E-state index contributed by atoms with van der Waals surface area (Å²) in [6.45, 7) is 0.977. The fourth-order valence-electron chi connectivity index (χ4n) is 5.32. The van der Waals surface area contributed by atoms with Gasteiger partial charge >= 0.3 is 0 Å². The molecule has 1 amide bonds. The highest BCUT2D eigenvalue weighted by Crippen LogP contribution is 2.46. The first-order valence-electron chi connectivity index (χ1n) is 15.1. The summed E-state index contributed by atoms with van der Waals surface area (Å²) in [6.07, 6.45) is 1.45. The van der Waals surface area contributed by atoms with Gasteiger partial charge in [-0.15, -0.1) is 0 Å². The van der Waals surface area contributed by atoms with Gasteiger partial charge in [0.25, 0.3) is 5.91 Å². The lowest BCUT2D eigenvalue weighted by atomic mass is 9.81. The average molecular weight is 684 g/mol. The predicted octanol–water partition coefficient (Wildman–Crippen LogP) is 6.91. The number of nitrogens with zero attached hydrogens (tertiary/aromatic N) is 4. The average Bonchev–Trinajstić information content (AvgIpc) is 3.47. The van der Waals surface area contributed by atoms with Crippen LogP contribution in [0.1, 0.15) is 41.2 Å². The molecule has 2 atom stereocenters. The molecule has 0 aliphatic carbocycles. The molecule has 1 aliphatic rings. The Bertz CT molecular complexity index is 1700. The maximum Gasteiger partial charge on any atom is 0.266 e. The molecular weight excluding hydrogens is 648 g/mol. The third-order valence-electron chi connectivity index (χ3n) is 7.63. The molecule has 0 bridgehead atoms. The van der Waals surface area contributed by atoms with Crippen LogP contribution >= 0.6 is 15.9 Å². The van der Waals surface area contributed by atoms with Crippen molar-refractivity contribution >= 4 is 33.4 Å². The number of aryl methyl sites for hydroxylation is 1. The summed E-state index contributed by atoms with van der Waals surface area (Å²) < 4.78 is 13.1. The van der Waals surface area contributed by atoms with Gasteiger partial charge in [0.05, 0.1) is 6.61 Å². The molecule has 10 nitrogen and oxygen atoms in total. The minimum absolute atomic E-state index is 0.0466. The number of aliphatic hydroxyl groups is 1. The summed E-state index contributed by atoms with van der Waals surface area (Å²) in [5, 5.41) is 13.0. The molecule has 1 aliphatic heterocycles. The van der Waals surface area contributed by atoms with E-state index in [1.807, 2.05) is 60.7 Å². The second kappa shape index (κ2) is 16.1. The Morgan fingerprint density at radius 3 is 2.50 bits per heavy atom. The summed E-state index contributed by atoms with van der Waals surface area (Å²) in [5.41, 5.74) is 17.5. The van der Waals surface area contributed by atoms with E-state index in [4.69, 9.17) is 19.6 Å². The third-order valence-corrected chi connectivity index (χ3v) is 8.40. The number of halogens is 1. The normalized spacial score (nSPS) is 17.0. The lowest BCUT2D eigenvalue weighted by Gasteiger charge is -2.31. The molecule has 11 heteroatoms. The van der Waals surface area contributed by atoms with Crippen LogP contribution in [-0.4, -0.2) is 42.2 Å². The Labute approximate surface area is 276 Å². The van der Waals surface area contributed by atoms with E-state index in [0.717, 1.165) is 22.9 Å². The molecule has 0 unspecified atom stereocenters. The van der Waals surface area contributed by atoms with Crippen molar-refractivity contribution in [2.24, 2.45) is 10.1 Å². The summed E-state index contributed by atoms with van der Waals surface area (Å²) in [7, 11) is 0. The fraction of sp³-hybridized carbons (Fsp3) is 0.257. The predicted molar refractivity (Wildman–Crippen MR) is 181 cm³/mol. The van der Waals surface area contributed by atoms with Crippen LogP contribution in [0.4, 0.5) is 5.69 Å². The van der Waals surface area contributed by atoms with Crippen LogP contribution in [0.15, 0.2) is 118 Å². The Kier molecular flexibility index (Phi) is 11.4. The minimum Gasteiger partial charge on any atom is -0.494 e. The monoisotopic (exact) mass is 682 g/mol. The summed E-state index contributed by atoms with van der Waals surface area (Å²) in [5.74, 6) is 0.523. The topological polar surface area (TPSA) is 141 Å². The van der Waals surface area contributed by atoms with Crippen LogP contribution in [0.5, 0.6) is 5.75 Å². The van der Waals surface area contributed by atoms with Crippen molar-refractivity contribution in [1.29, 1.82) is 0 Å². The van der Waals surface area contributed by atoms with Crippen LogP contribution in [0.3, 0.4) is 0 Å². The summed E-state index contributed by atoms with van der Waals surface area (Å²) in [6, 6.07) is 32.1. The number of benzene rings is 4. The molecule has 0 saturated heterocycles. The number of nitrogens with one attached hydrogen (secondary N) is 2. The van der Waals surface area contributed by atoms with Gasteiger partial charge in [0.2, 0.25) is 5.90 Å². The number of hydrogen-bond donors (Lipinski definition) is 3. The van der Waals surface area contributed by atoms with Gasteiger partial charge in [-0.3, -0.25) is 10.2 Å². The molecule has 5 rings (SSSR count). The van der Waals surface area contributed by atoms with E-state index < -0.39 is 11.6 Å². The van der Waals surface area contributed by atoms with Crippen LogP contribution in [0.2, 0.25) is 0 Å². The van der Waals surface area contributed by atoms with Gasteiger partial charge in [-0.1, -0.05) is 93.8 Å². The highest BCUT2D eigenvalue weighted by molar-refractivity contribution is 9.10. The largest absolute Gasteiger partial charge is 0.494 e. The Morgan fingerprint density at radius 1 is 1.00 bits per heavy atom. The van der Waals surface area contributed by atoms with Gasteiger partial charge in [-0.05, 0) is 59.8 Å². The SMILES string of the molecule is [N-]=[N+]=Nc1ccccc1[C@@H]1OC(c2ccc(OCCCO)cc2)=N[C@]1(Cc1ccccc1Br)C(=O)NNCCCc1ccccc1. The Morgan fingerprint density at radius 2 is 1.74 bits per heavy atom. The highest BCUT2D eigenvalue weighted by atomic mass is 79.9. The first-order chi connectivity index (χ1) is 22.5. The van der Waals surface area contributed by atoms with Crippen LogP contribution < -0.4 is 15.6 Å². The second-order valence-corrected chi connectivity index (χ2v) is 11.6. The molecule has 1 heterocycles. The van der Waals surface area contributed by atoms with Gasteiger partial charge in [-0.25, -0.2) is 10.4 Å². The number of rotatable bonds is 15. The van der Waals surface area contributed by atoms with Crippen molar-refractivity contribution < 1.29 is 19.4 Å². The molecule has 0 fully saturated rings. The number of aliphatic hydroxyl groups excluding tert-OH is 1. The highest BCUT2D eigenvalue weighted by Gasteiger charge is 2.54. The van der Waals surface area contributed by atoms with E-state index in [2.05, 4.69) is 48.9 Å². The maximum absolute atomic E-state index is 14.4. The zero-order chi connectivity index (χ0) is 32.2. The number of amides is 1. The Hall–Kier alpha value is -4.67. The molecule has 4 aromatic carbocycles. The van der Waals surface area contributed by atoms with Gasteiger partial charge in [0, 0.05) is 52.2 Å². The molecule has 3 N–H and O–H groups in total. The van der Waals surface area contributed by atoms with Crippen LogP contribution in [0, 0.1) is 0 Å². The van der Waals surface area contributed by atoms with Gasteiger partial charge in [0.15, 0.2) is 11.6 Å². The summed E-state index contributed by atoms with van der Waals surface area (Å²) in [4.78, 5) is 22.5. The molecule has 0 aromatic heterocycles. The third kappa shape index (κ3) is 7.94. The van der Waals surface area contributed by atoms with Crippen molar-refractivity contribution in [3.05, 3.63) is 140 Å². The number of carbonyl (C=O) groups is 1. The van der Waals surface area contributed by atoms with E-state index >= 15 is 0 Å². The fourth-order valence-corrected chi connectivity index (χ4v) is 5.74. The maximum atomic E-state index is 14.4. The quantitative estimate of drug-likeness (QED) is 0.0411. The van der Waals surface area contributed by atoms with Gasteiger partial charge in [0.1, 0.15) is 5.75 Å². The summed E-state index contributed by atoms with van der Waals surface area (Å²) >= 11 is 3.65. The second-order valence-electron chi connectivity index (χ2n) is 10.8. The molecule has 0 saturated carbocycles. The van der Waals surface area contributed by atoms with E-state index in [-0.39, 0.29) is 24.8 Å². The first kappa shape index (κ1) is 32.7. The van der Waals surface area contributed by atoms with Gasteiger partial charge < -0.3 is 14.6 Å². The molecular formula is C35H35BrN6O4. The number of azide groups is 1. The molecule has 46 heavy (non-hydrogen) atoms. The molecule has 0 spiro atoms. The molecule has 0 radical (unpaired) electrons. The van der Waals surface area contributed by atoms with Crippen molar-refractivity contribution in [2.75, 3.05) is 19.8 Å². The molecule has 236 valence electrons. The van der Waals surface area contributed by atoms with E-state index in [0.29, 0.717) is 42.1 Å².